The Morgan fingerprint density at radius 3 is 2.37 bits per heavy atom. The zero-order valence-corrected chi connectivity index (χ0v) is 16.7. The Labute approximate surface area is 161 Å². The number of carbonyl (C=O) groups excluding carboxylic acids is 1. The van der Waals surface area contributed by atoms with Crippen LogP contribution in [0.1, 0.15) is 44.6 Å². The number of hydrogen-bond acceptors (Lipinski definition) is 4. The lowest BCUT2D eigenvalue weighted by molar-refractivity contribution is 0.0922. The maximum absolute atomic E-state index is 12.6. The van der Waals surface area contributed by atoms with Crippen LogP contribution in [0.5, 0.6) is 0 Å². The van der Waals surface area contributed by atoms with Gasteiger partial charge < -0.3 is 5.32 Å². The standard InChI is InChI=1S/C21H30N4O2/c1-5-24(6-2)18(14-16(3)4)15-22-21(27)19-12-13-20(26)25(23-19)17-10-8-7-9-11-17/h7-13,16,18H,5-6,14-15H2,1-4H3,(H,22,27)/t18-/m0/s1. The van der Waals surface area contributed by atoms with E-state index in [4.69, 9.17) is 0 Å². The zero-order valence-electron chi connectivity index (χ0n) is 16.7. The van der Waals surface area contributed by atoms with Crippen molar-refractivity contribution >= 4 is 5.91 Å². The number of rotatable bonds is 9. The quantitative estimate of drug-likeness (QED) is 0.737. The zero-order chi connectivity index (χ0) is 19.8. The van der Waals surface area contributed by atoms with Crippen molar-refractivity contribution in [3.63, 3.8) is 0 Å². The Balaban J connectivity index is 2.14. The first-order valence-electron chi connectivity index (χ1n) is 9.64. The molecule has 0 bridgehead atoms. The van der Waals surface area contributed by atoms with E-state index in [1.54, 1.807) is 12.1 Å². The minimum atomic E-state index is -0.265. The highest BCUT2D eigenvalue weighted by atomic mass is 16.2. The van der Waals surface area contributed by atoms with E-state index in [2.05, 4.69) is 43.0 Å². The van der Waals surface area contributed by atoms with Crippen LogP contribution >= 0.6 is 0 Å². The second-order valence-corrected chi connectivity index (χ2v) is 7.02. The molecule has 1 amide bonds. The van der Waals surface area contributed by atoms with Crippen LogP contribution in [0.25, 0.3) is 5.69 Å². The predicted octanol–water partition coefficient (Wildman–Crippen LogP) is 2.72. The van der Waals surface area contributed by atoms with E-state index in [0.29, 0.717) is 18.2 Å². The minimum absolute atomic E-state index is 0.237. The fraction of sp³-hybridized carbons (Fsp3) is 0.476. The highest BCUT2D eigenvalue weighted by Gasteiger charge is 2.19. The van der Waals surface area contributed by atoms with E-state index < -0.39 is 0 Å². The van der Waals surface area contributed by atoms with E-state index in [1.165, 1.54) is 16.8 Å². The first-order chi connectivity index (χ1) is 13.0. The fourth-order valence-corrected chi connectivity index (χ4v) is 3.23. The Morgan fingerprint density at radius 1 is 1.11 bits per heavy atom. The van der Waals surface area contributed by atoms with Crippen LogP contribution in [0, 0.1) is 5.92 Å². The Morgan fingerprint density at radius 2 is 1.78 bits per heavy atom. The van der Waals surface area contributed by atoms with Crippen molar-refractivity contribution in [3.05, 3.63) is 58.5 Å². The number of aromatic nitrogens is 2. The second-order valence-electron chi connectivity index (χ2n) is 7.02. The molecule has 0 spiro atoms. The summed E-state index contributed by atoms with van der Waals surface area (Å²) in [4.78, 5) is 27.1. The number of nitrogens with one attached hydrogen (secondary N) is 1. The van der Waals surface area contributed by atoms with Crippen LogP contribution < -0.4 is 10.9 Å². The summed E-state index contributed by atoms with van der Waals surface area (Å²) in [6.07, 6.45) is 1.01. The lowest BCUT2D eigenvalue weighted by atomic mass is 10.0. The van der Waals surface area contributed by atoms with Gasteiger partial charge in [-0.1, -0.05) is 45.9 Å². The number of para-hydroxylation sites is 1. The van der Waals surface area contributed by atoms with Crippen molar-refractivity contribution in [1.82, 2.24) is 20.0 Å². The lowest BCUT2D eigenvalue weighted by Crippen LogP contribution is -2.44. The Kier molecular flexibility index (Phi) is 7.73. The van der Waals surface area contributed by atoms with Gasteiger partial charge in [0.1, 0.15) is 5.69 Å². The molecule has 1 heterocycles. The van der Waals surface area contributed by atoms with E-state index in [0.717, 1.165) is 19.5 Å². The molecule has 2 rings (SSSR count). The molecule has 1 N–H and O–H groups in total. The molecule has 0 radical (unpaired) electrons. The smallest absolute Gasteiger partial charge is 0.271 e. The molecule has 2 aromatic rings. The molecule has 1 atom stereocenters. The molecule has 0 aliphatic carbocycles. The summed E-state index contributed by atoms with van der Waals surface area (Å²) in [5.41, 5.74) is 0.609. The second kappa shape index (κ2) is 10.0. The van der Waals surface area contributed by atoms with Gasteiger partial charge in [-0.25, -0.2) is 0 Å². The van der Waals surface area contributed by atoms with E-state index in [1.807, 2.05) is 18.2 Å². The van der Waals surface area contributed by atoms with Crippen molar-refractivity contribution in [2.24, 2.45) is 5.92 Å². The molecule has 1 aromatic carbocycles. The Hall–Kier alpha value is -2.47. The number of nitrogens with zero attached hydrogens (tertiary/aromatic N) is 3. The minimum Gasteiger partial charge on any atom is -0.349 e. The third-order valence-electron chi connectivity index (χ3n) is 4.60. The molecule has 27 heavy (non-hydrogen) atoms. The van der Waals surface area contributed by atoms with Crippen molar-refractivity contribution in [2.45, 2.75) is 40.2 Å². The summed E-state index contributed by atoms with van der Waals surface area (Å²) in [5.74, 6) is 0.284. The van der Waals surface area contributed by atoms with E-state index >= 15 is 0 Å². The highest BCUT2D eigenvalue weighted by molar-refractivity contribution is 5.92. The van der Waals surface area contributed by atoms with Crippen LogP contribution in [0.4, 0.5) is 0 Å². The van der Waals surface area contributed by atoms with Crippen LogP contribution in [-0.4, -0.2) is 46.3 Å². The Bertz CT molecular complexity index is 782. The van der Waals surface area contributed by atoms with Gasteiger partial charge in [-0.2, -0.15) is 9.78 Å². The van der Waals surface area contributed by atoms with Gasteiger partial charge >= 0.3 is 0 Å². The van der Waals surface area contributed by atoms with Crippen molar-refractivity contribution in [2.75, 3.05) is 19.6 Å². The first kappa shape index (κ1) is 20.8. The topological polar surface area (TPSA) is 67.2 Å². The molecule has 0 aliphatic rings. The third-order valence-corrected chi connectivity index (χ3v) is 4.60. The van der Waals surface area contributed by atoms with E-state index in [9.17, 15) is 9.59 Å². The van der Waals surface area contributed by atoms with Gasteiger partial charge in [0.15, 0.2) is 0 Å². The van der Waals surface area contributed by atoms with Gasteiger partial charge in [-0.15, -0.1) is 0 Å². The van der Waals surface area contributed by atoms with Gasteiger partial charge in [-0.05, 0) is 43.6 Å². The average molecular weight is 370 g/mol. The SMILES string of the molecule is CCN(CC)[C@H](CNC(=O)c1ccc(=O)n(-c2ccccc2)n1)CC(C)C. The lowest BCUT2D eigenvalue weighted by Gasteiger charge is -2.31. The number of hydrogen-bond donors (Lipinski definition) is 1. The molecule has 0 fully saturated rings. The van der Waals surface area contributed by atoms with Gasteiger partial charge in [-0.3, -0.25) is 14.5 Å². The molecule has 146 valence electrons. The molecule has 0 saturated carbocycles. The summed E-state index contributed by atoms with van der Waals surface area (Å²) < 4.78 is 1.25. The van der Waals surface area contributed by atoms with Gasteiger partial charge in [0.05, 0.1) is 5.69 Å². The number of benzene rings is 1. The van der Waals surface area contributed by atoms with Crippen molar-refractivity contribution in [3.8, 4) is 5.69 Å². The normalized spacial score (nSPS) is 12.4. The maximum atomic E-state index is 12.6. The number of carbonyl (C=O) groups is 1. The van der Waals surface area contributed by atoms with Crippen LogP contribution in [0.3, 0.4) is 0 Å². The number of amides is 1. The van der Waals surface area contributed by atoms with Crippen molar-refractivity contribution < 1.29 is 4.79 Å². The summed E-state index contributed by atoms with van der Waals surface area (Å²) in [6.45, 7) is 11.1. The molecular weight excluding hydrogens is 340 g/mol. The summed E-state index contributed by atoms with van der Waals surface area (Å²) in [5, 5.41) is 7.24. The van der Waals surface area contributed by atoms with Crippen molar-refractivity contribution in [1.29, 1.82) is 0 Å². The summed E-state index contributed by atoms with van der Waals surface area (Å²) in [6, 6.07) is 12.2. The first-order valence-corrected chi connectivity index (χ1v) is 9.64. The van der Waals surface area contributed by atoms with Gasteiger partial charge in [0, 0.05) is 18.7 Å². The molecular formula is C21H30N4O2. The van der Waals surface area contributed by atoms with Gasteiger partial charge in [0.25, 0.3) is 11.5 Å². The largest absolute Gasteiger partial charge is 0.349 e. The fourth-order valence-electron chi connectivity index (χ4n) is 3.23. The van der Waals surface area contributed by atoms with Gasteiger partial charge in [0.2, 0.25) is 0 Å². The third kappa shape index (κ3) is 5.76. The molecule has 6 heteroatoms. The molecule has 0 saturated heterocycles. The molecule has 0 aliphatic heterocycles. The molecule has 0 unspecified atom stereocenters. The monoisotopic (exact) mass is 370 g/mol. The summed E-state index contributed by atoms with van der Waals surface area (Å²) >= 11 is 0. The maximum Gasteiger partial charge on any atom is 0.271 e. The van der Waals surface area contributed by atoms with E-state index in [-0.39, 0.29) is 23.2 Å². The average Bonchev–Trinajstić information content (AvgIpc) is 2.67. The van der Waals surface area contributed by atoms with Crippen LogP contribution in [0.2, 0.25) is 0 Å². The highest BCUT2D eigenvalue weighted by Crippen LogP contribution is 2.11. The molecule has 1 aromatic heterocycles. The van der Waals surface area contributed by atoms with Crippen LogP contribution in [-0.2, 0) is 0 Å². The molecule has 6 nitrogen and oxygen atoms in total. The van der Waals surface area contributed by atoms with Crippen LogP contribution in [0.15, 0.2) is 47.3 Å². The summed E-state index contributed by atoms with van der Waals surface area (Å²) in [7, 11) is 0. The number of likely N-dealkylation sites (N-methyl/N-ethyl adjacent to an activating group) is 1. The predicted molar refractivity (Wildman–Crippen MR) is 108 cm³/mol.